The predicted molar refractivity (Wildman–Crippen MR) is 81.1 cm³/mol. The Morgan fingerprint density at radius 2 is 2.15 bits per heavy atom. The zero-order chi connectivity index (χ0) is 14.4. The molecule has 1 aliphatic rings. The second-order valence-electron chi connectivity index (χ2n) is 5.64. The maximum Gasteiger partial charge on any atom is 0.230 e. The van der Waals surface area contributed by atoms with Gasteiger partial charge >= 0.3 is 0 Å². The molecular formula is C16H24N2O2. The first kappa shape index (κ1) is 14.9. The normalized spacial score (nSPS) is 17.5. The van der Waals surface area contributed by atoms with Crippen molar-refractivity contribution >= 4 is 11.6 Å². The second kappa shape index (κ2) is 6.75. The molecule has 20 heavy (non-hydrogen) atoms. The Morgan fingerprint density at radius 3 is 2.85 bits per heavy atom. The van der Waals surface area contributed by atoms with Gasteiger partial charge in [0, 0.05) is 17.2 Å². The van der Waals surface area contributed by atoms with Gasteiger partial charge in [-0.1, -0.05) is 19.9 Å². The van der Waals surface area contributed by atoms with Crippen molar-refractivity contribution in [2.75, 3.05) is 25.0 Å². The van der Waals surface area contributed by atoms with E-state index in [1.165, 1.54) is 0 Å². The molecule has 110 valence electrons. The topological polar surface area (TPSA) is 50.4 Å². The Morgan fingerprint density at radius 1 is 1.40 bits per heavy atom. The minimum Gasteiger partial charge on any atom is -0.494 e. The number of anilines is 1. The van der Waals surface area contributed by atoms with Crippen LogP contribution in [0.4, 0.5) is 5.69 Å². The van der Waals surface area contributed by atoms with Crippen LogP contribution in [0, 0.1) is 5.41 Å². The first-order chi connectivity index (χ1) is 9.64. The lowest BCUT2D eigenvalue weighted by atomic mass is 9.80. The van der Waals surface area contributed by atoms with Gasteiger partial charge < -0.3 is 15.4 Å². The van der Waals surface area contributed by atoms with Crippen molar-refractivity contribution in [2.45, 2.75) is 33.1 Å². The maximum absolute atomic E-state index is 12.4. The fourth-order valence-electron chi connectivity index (χ4n) is 2.37. The van der Waals surface area contributed by atoms with Gasteiger partial charge in [0.1, 0.15) is 5.75 Å². The number of hydrogen-bond donors (Lipinski definition) is 2. The highest BCUT2D eigenvalue weighted by molar-refractivity contribution is 5.95. The predicted octanol–water partition coefficient (Wildman–Crippen LogP) is 2.80. The van der Waals surface area contributed by atoms with E-state index in [-0.39, 0.29) is 11.3 Å². The van der Waals surface area contributed by atoms with Gasteiger partial charge in [-0.3, -0.25) is 4.79 Å². The molecule has 1 fully saturated rings. The summed E-state index contributed by atoms with van der Waals surface area (Å²) in [4.78, 5) is 12.4. The fraction of sp³-hybridized carbons (Fsp3) is 0.562. The van der Waals surface area contributed by atoms with E-state index in [4.69, 9.17) is 4.74 Å². The summed E-state index contributed by atoms with van der Waals surface area (Å²) in [6, 6.07) is 7.61. The molecule has 2 rings (SSSR count). The van der Waals surface area contributed by atoms with Gasteiger partial charge in [0.25, 0.3) is 0 Å². The van der Waals surface area contributed by atoms with Crippen molar-refractivity contribution in [1.82, 2.24) is 5.32 Å². The van der Waals surface area contributed by atoms with Crippen LogP contribution in [0.2, 0.25) is 0 Å². The molecule has 4 nitrogen and oxygen atoms in total. The van der Waals surface area contributed by atoms with Crippen molar-refractivity contribution < 1.29 is 9.53 Å². The summed E-state index contributed by atoms with van der Waals surface area (Å²) in [6.45, 7) is 6.62. The van der Waals surface area contributed by atoms with E-state index in [1.807, 2.05) is 31.2 Å². The van der Waals surface area contributed by atoms with Gasteiger partial charge in [0.15, 0.2) is 0 Å². The zero-order valence-electron chi connectivity index (χ0n) is 12.4. The van der Waals surface area contributed by atoms with Crippen LogP contribution < -0.4 is 15.4 Å². The third-order valence-electron chi connectivity index (χ3n) is 3.82. The van der Waals surface area contributed by atoms with Crippen LogP contribution in [0.15, 0.2) is 24.3 Å². The molecule has 4 heteroatoms. The third kappa shape index (κ3) is 3.73. The van der Waals surface area contributed by atoms with Gasteiger partial charge in [-0.15, -0.1) is 0 Å². The van der Waals surface area contributed by atoms with Gasteiger partial charge in [0.2, 0.25) is 5.91 Å². The number of carbonyl (C=O) groups excluding carboxylic acids is 1. The summed E-state index contributed by atoms with van der Waals surface area (Å²) in [6.07, 6.45) is 2.73. The van der Waals surface area contributed by atoms with Gasteiger partial charge in [-0.25, -0.2) is 0 Å². The van der Waals surface area contributed by atoms with Gasteiger partial charge in [-0.2, -0.15) is 0 Å². The van der Waals surface area contributed by atoms with E-state index in [2.05, 4.69) is 17.6 Å². The van der Waals surface area contributed by atoms with Crippen molar-refractivity contribution in [3.8, 4) is 5.75 Å². The molecular weight excluding hydrogens is 252 g/mol. The average molecular weight is 276 g/mol. The molecule has 0 bridgehead atoms. The number of piperidine rings is 1. The van der Waals surface area contributed by atoms with Crippen LogP contribution in [0.3, 0.4) is 0 Å². The largest absolute Gasteiger partial charge is 0.494 e. The van der Waals surface area contributed by atoms with E-state index >= 15 is 0 Å². The lowest BCUT2D eigenvalue weighted by molar-refractivity contribution is -0.126. The Hall–Kier alpha value is -1.55. The summed E-state index contributed by atoms with van der Waals surface area (Å²) < 4.78 is 5.59. The fourth-order valence-corrected chi connectivity index (χ4v) is 2.37. The lowest BCUT2D eigenvalue weighted by Gasteiger charge is -2.32. The Kier molecular flexibility index (Phi) is 5.01. The highest BCUT2D eigenvalue weighted by atomic mass is 16.5. The molecule has 1 amide bonds. The van der Waals surface area contributed by atoms with Crippen LogP contribution >= 0.6 is 0 Å². The summed E-state index contributed by atoms with van der Waals surface area (Å²) >= 11 is 0. The third-order valence-corrected chi connectivity index (χ3v) is 3.82. The van der Waals surface area contributed by atoms with E-state index in [0.717, 1.165) is 43.8 Å². The van der Waals surface area contributed by atoms with Crippen LogP contribution in [0.5, 0.6) is 5.75 Å². The van der Waals surface area contributed by atoms with E-state index in [9.17, 15) is 4.79 Å². The SMILES string of the molecule is CCCOc1cccc(NC(=O)C2(C)CCNCC2)c1. The zero-order valence-corrected chi connectivity index (χ0v) is 12.4. The number of rotatable bonds is 5. The molecule has 0 unspecified atom stereocenters. The highest BCUT2D eigenvalue weighted by Crippen LogP contribution is 2.30. The number of carbonyl (C=O) groups is 1. The number of benzene rings is 1. The monoisotopic (exact) mass is 276 g/mol. The van der Waals surface area contributed by atoms with Crippen molar-refractivity contribution in [3.63, 3.8) is 0 Å². The van der Waals surface area contributed by atoms with E-state index in [1.54, 1.807) is 0 Å². The van der Waals surface area contributed by atoms with Crippen LogP contribution in [-0.2, 0) is 4.79 Å². The molecule has 1 aromatic rings. The first-order valence-electron chi connectivity index (χ1n) is 7.39. The lowest BCUT2D eigenvalue weighted by Crippen LogP contribution is -2.42. The molecule has 1 saturated heterocycles. The van der Waals surface area contributed by atoms with Crippen molar-refractivity contribution in [3.05, 3.63) is 24.3 Å². The minimum absolute atomic E-state index is 0.103. The Labute approximate surface area is 120 Å². The van der Waals surface area contributed by atoms with Crippen LogP contribution in [-0.4, -0.2) is 25.6 Å². The number of nitrogens with one attached hydrogen (secondary N) is 2. The second-order valence-corrected chi connectivity index (χ2v) is 5.64. The Bertz CT molecular complexity index is 454. The van der Waals surface area contributed by atoms with E-state index in [0.29, 0.717) is 6.61 Å². The molecule has 0 radical (unpaired) electrons. The molecule has 0 spiro atoms. The Balaban J connectivity index is 2.00. The summed E-state index contributed by atoms with van der Waals surface area (Å²) in [7, 11) is 0. The average Bonchev–Trinajstić information content (AvgIpc) is 2.46. The molecule has 1 heterocycles. The minimum atomic E-state index is -0.272. The molecule has 0 saturated carbocycles. The van der Waals surface area contributed by atoms with Gasteiger partial charge in [0.05, 0.1) is 6.61 Å². The molecule has 0 aromatic heterocycles. The van der Waals surface area contributed by atoms with Crippen LogP contribution in [0.1, 0.15) is 33.1 Å². The number of hydrogen-bond acceptors (Lipinski definition) is 3. The van der Waals surface area contributed by atoms with Crippen molar-refractivity contribution in [1.29, 1.82) is 0 Å². The number of amides is 1. The molecule has 0 aliphatic carbocycles. The summed E-state index contributed by atoms with van der Waals surface area (Å²) in [5.41, 5.74) is 0.536. The maximum atomic E-state index is 12.4. The summed E-state index contributed by atoms with van der Waals surface area (Å²) in [5.74, 6) is 0.909. The van der Waals surface area contributed by atoms with Gasteiger partial charge in [-0.05, 0) is 44.5 Å². The van der Waals surface area contributed by atoms with Crippen LogP contribution in [0.25, 0.3) is 0 Å². The van der Waals surface area contributed by atoms with Crippen molar-refractivity contribution in [2.24, 2.45) is 5.41 Å². The molecule has 2 N–H and O–H groups in total. The highest BCUT2D eigenvalue weighted by Gasteiger charge is 2.34. The first-order valence-corrected chi connectivity index (χ1v) is 7.39. The van der Waals surface area contributed by atoms with E-state index < -0.39 is 0 Å². The summed E-state index contributed by atoms with van der Waals surface area (Å²) in [5, 5.41) is 6.31. The quantitative estimate of drug-likeness (QED) is 0.869. The molecule has 0 atom stereocenters. The standard InChI is InChI=1S/C16H24N2O2/c1-3-11-20-14-6-4-5-13(12-14)18-15(19)16(2)7-9-17-10-8-16/h4-6,12,17H,3,7-11H2,1-2H3,(H,18,19). The molecule has 1 aromatic carbocycles. The number of ether oxygens (including phenoxy) is 1. The smallest absolute Gasteiger partial charge is 0.230 e. The molecule has 1 aliphatic heterocycles.